The first-order valence-electron chi connectivity index (χ1n) is 7.14. The minimum Gasteiger partial charge on any atom is -0.489 e. The third-order valence-electron chi connectivity index (χ3n) is 3.72. The van der Waals surface area contributed by atoms with Crippen LogP contribution in [0.25, 0.3) is 0 Å². The SMILES string of the molecule is CCC(N)c1ccc(OCc2ccc(C)c(C)c2)cc1. The largest absolute Gasteiger partial charge is 0.489 e. The Morgan fingerprint density at radius 2 is 1.70 bits per heavy atom. The molecule has 0 radical (unpaired) electrons. The first-order valence-corrected chi connectivity index (χ1v) is 7.14. The molecule has 2 nitrogen and oxygen atoms in total. The van der Waals surface area contributed by atoms with Crippen LogP contribution in [0.5, 0.6) is 5.75 Å². The summed E-state index contributed by atoms with van der Waals surface area (Å²) < 4.78 is 5.81. The molecule has 2 heteroatoms. The predicted octanol–water partition coefficient (Wildman–Crippen LogP) is 4.29. The van der Waals surface area contributed by atoms with Crippen molar-refractivity contribution >= 4 is 0 Å². The van der Waals surface area contributed by atoms with E-state index in [0.717, 1.165) is 17.7 Å². The number of ether oxygens (including phenoxy) is 1. The molecule has 0 aromatic heterocycles. The van der Waals surface area contributed by atoms with Gasteiger partial charge in [0.15, 0.2) is 0 Å². The maximum Gasteiger partial charge on any atom is 0.119 e. The average Bonchev–Trinajstić information content (AvgIpc) is 2.48. The topological polar surface area (TPSA) is 35.2 Å². The zero-order valence-electron chi connectivity index (χ0n) is 12.5. The predicted molar refractivity (Wildman–Crippen MR) is 83.9 cm³/mol. The minimum absolute atomic E-state index is 0.115. The number of aryl methyl sites for hydroxylation is 2. The third kappa shape index (κ3) is 3.61. The van der Waals surface area contributed by atoms with Gasteiger partial charge in [-0.25, -0.2) is 0 Å². The van der Waals surface area contributed by atoms with E-state index in [0.29, 0.717) is 6.61 Å². The van der Waals surface area contributed by atoms with E-state index in [4.69, 9.17) is 10.5 Å². The summed E-state index contributed by atoms with van der Waals surface area (Å²) in [5, 5.41) is 0. The Labute approximate surface area is 121 Å². The van der Waals surface area contributed by atoms with Crippen LogP contribution in [0, 0.1) is 13.8 Å². The number of hydrogen-bond donors (Lipinski definition) is 1. The zero-order valence-corrected chi connectivity index (χ0v) is 12.5. The fourth-order valence-electron chi connectivity index (χ4n) is 2.11. The first kappa shape index (κ1) is 14.6. The highest BCUT2D eigenvalue weighted by Gasteiger charge is 2.03. The van der Waals surface area contributed by atoms with Gasteiger partial charge in [0.05, 0.1) is 0 Å². The van der Waals surface area contributed by atoms with E-state index in [1.807, 2.05) is 24.3 Å². The number of nitrogens with two attached hydrogens (primary N) is 1. The molecule has 0 amide bonds. The van der Waals surface area contributed by atoms with Crippen molar-refractivity contribution in [1.29, 1.82) is 0 Å². The van der Waals surface area contributed by atoms with Gasteiger partial charge in [-0.3, -0.25) is 0 Å². The van der Waals surface area contributed by atoms with Crippen molar-refractivity contribution in [2.75, 3.05) is 0 Å². The molecule has 0 aliphatic carbocycles. The molecule has 0 aliphatic heterocycles. The molecular formula is C18H23NO. The molecule has 2 aromatic carbocycles. The molecule has 2 N–H and O–H groups in total. The molecule has 0 fully saturated rings. The molecule has 2 aromatic rings. The summed E-state index contributed by atoms with van der Waals surface area (Å²) in [6, 6.07) is 14.6. The molecule has 1 atom stereocenters. The lowest BCUT2D eigenvalue weighted by Gasteiger charge is -2.11. The lowest BCUT2D eigenvalue weighted by Crippen LogP contribution is -2.08. The van der Waals surface area contributed by atoms with E-state index in [9.17, 15) is 0 Å². The summed E-state index contributed by atoms with van der Waals surface area (Å²) in [6.07, 6.45) is 0.947. The van der Waals surface area contributed by atoms with Crippen molar-refractivity contribution in [3.05, 3.63) is 64.7 Å². The van der Waals surface area contributed by atoms with Gasteiger partial charge in [-0.05, 0) is 54.7 Å². The van der Waals surface area contributed by atoms with Gasteiger partial charge in [0.2, 0.25) is 0 Å². The van der Waals surface area contributed by atoms with Crippen LogP contribution in [0.1, 0.15) is 41.6 Å². The molecule has 0 bridgehead atoms. The summed E-state index contributed by atoms with van der Waals surface area (Å²) in [5.41, 5.74) is 11.0. The van der Waals surface area contributed by atoms with E-state index in [1.54, 1.807) is 0 Å². The van der Waals surface area contributed by atoms with Crippen LogP contribution in [0.2, 0.25) is 0 Å². The average molecular weight is 269 g/mol. The van der Waals surface area contributed by atoms with E-state index < -0.39 is 0 Å². The molecule has 0 spiro atoms. The Morgan fingerprint density at radius 3 is 2.30 bits per heavy atom. The van der Waals surface area contributed by atoms with Gasteiger partial charge in [-0.1, -0.05) is 37.3 Å². The van der Waals surface area contributed by atoms with Crippen LogP contribution in [0.15, 0.2) is 42.5 Å². The number of rotatable bonds is 5. The summed E-state index contributed by atoms with van der Waals surface area (Å²) in [4.78, 5) is 0. The Morgan fingerprint density at radius 1 is 1.00 bits per heavy atom. The second-order valence-electron chi connectivity index (χ2n) is 5.29. The molecule has 106 valence electrons. The molecule has 0 saturated heterocycles. The van der Waals surface area contributed by atoms with Crippen LogP contribution >= 0.6 is 0 Å². The van der Waals surface area contributed by atoms with Gasteiger partial charge >= 0.3 is 0 Å². The third-order valence-corrected chi connectivity index (χ3v) is 3.72. The molecule has 20 heavy (non-hydrogen) atoms. The summed E-state index contributed by atoms with van der Waals surface area (Å²) in [7, 11) is 0. The molecule has 1 unspecified atom stereocenters. The molecule has 0 saturated carbocycles. The monoisotopic (exact) mass is 269 g/mol. The molecule has 0 heterocycles. The van der Waals surface area contributed by atoms with Crippen LogP contribution in [-0.4, -0.2) is 0 Å². The fourth-order valence-corrected chi connectivity index (χ4v) is 2.11. The zero-order chi connectivity index (χ0) is 14.5. The van der Waals surface area contributed by atoms with Crippen LogP contribution in [0.3, 0.4) is 0 Å². The minimum atomic E-state index is 0.115. The van der Waals surface area contributed by atoms with Crippen LogP contribution in [0.4, 0.5) is 0 Å². The van der Waals surface area contributed by atoms with E-state index in [1.165, 1.54) is 16.7 Å². The van der Waals surface area contributed by atoms with Crippen molar-refractivity contribution < 1.29 is 4.74 Å². The lowest BCUT2D eigenvalue weighted by molar-refractivity contribution is 0.306. The summed E-state index contributed by atoms with van der Waals surface area (Å²) >= 11 is 0. The highest BCUT2D eigenvalue weighted by molar-refractivity contribution is 5.31. The highest BCUT2D eigenvalue weighted by atomic mass is 16.5. The van der Waals surface area contributed by atoms with Crippen molar-refractivity contribution in [2.45, 2.75) is 39.8 Å². The number of benzene rings is 2. The van der Waals surface area contributed by atoms with Gasteiger partial charge in [0.25, 0.3) is 0 Å². The maximum absolute atomic E-state index is 6.00. The van der Waals surface area contributed by atoms with Crippen molar-refractivity contribution in [1.82, 2.24) is 0 Å². The molecule has 0 aliphatic rings. The lowest BCUT2D eigenvalue weighted by atomic mass is 10.1. The quantitative estimate of drug-likeness (QED) is 0.878. The van der Waals surface area contributed by atoms with Crippen LogP contribution < -0.4 is 10.5 Å². The van der Waals surface area contributed by atoms with Crippen LogP contribution in [-0.2, 0) is 6.61 Å². The molecular weight excluding hydrogens is 246 g/mol. The Kier molecular flexibility index (Phi) is 4.80. The maximum atomic E-state index is 6.00. The van der Waals surface area contributed by atoms with Gasteiger partial charge in [-0.15, -0.1) is 0 Å². The van der Waals surface area contributed by atoms with Crippen molar-refractivity contribution in [3.63, 3.8) is 0 Å². The van der Waals surface area contributed by atoms with E-state index in [2.05, 4.69) is 39.0 Å². The second kappa shape index (κ2) is 6.58. The van der Waals surface area contributed by atoms with Gasteiger partial charge in [0, 0.05) is 6.04 Å². The summed E-state index contributed by atoms with van der Waals surface area (Å²) in [6.45, 7) is 6.94. The van der Waals surface area contributed by atoms with Gasteiger partial charge in [0.1, 0.15) is 12.4 Å². The highest BCUT2D eigenvalue weighted by Crippen LogP contribution is 2.19. The first-order chi connectivity index (χ1) is 9.60. The standard InChI is InChI=1S/C18H23NO/c1-4-18(19)16-7-9-17(10-8-16)20-12-15-6-5-13(2)14(3)11-15/h5-11,18H,4,12,19H2,1-3H3. The van der Waals surface area contributed by atoms with E-state index in [-0.39, 0.29) is 6.04 Å². The van der Waals surface area contributed by atoms with Crippen molar-refractivity contribution in [2.24, 2.45) is 5.73 Å². The Bertz CT molecular complexity index is 560. The van der Waals surface area contributed by atoms with Crippen molar-refractivity contribution in [3.8, 4) is 5.75 Å². The van der Waals surface area contributed by atoms with Gasteiger partial charge in [-0.2, -0.15) is 0 Å². The fraction of sp³-hybridized carbons (Fsp3) is 0.333. The number of hydrogen-bond acceptors (Lipinski definition) is 2. The molecule has 2 rings (SSSR count). The smallest absolute Gasteiger partial charge is 0.119 e. The van der Waals surface area contributed by atoms with Gasteiger partial charge < -0.3 is 10.5 Å². The Balaban J connectivity index is 1.98. The second-order valence-corrected chi connectivity index (χ2v) is 5.29. The summed E-state index contributed by atoms with van der Waals surface area (Å²) in [5.74, 6) is 0.885. The normalized spacial score (nSPS) is 12.2. The van der Waals surface area contributed by atoms with E-state index >= 15 is 0 Å². The Hall–Kier alpha value is -1.80.